The van der Waals surface area contributed by atoms with Gasteiger partial charge < -0.3 is 10.1 Å². The van der Waals surface area contributed by atoms with E-state index in [4.69, 9.17) is 4.74 Å². The van der Waals surface area contributed by atoms with E-state index in [1.807, 2.05) is 0 Å². The highest BCUT2D eigenvalue weighted by Gasteiger charge is 2.34. The molecule has 0 radical (unpaired) electrons. The van der Waals surface area contributed by atoms with Crippen LogP contribution in [0.3, 0.4) is 0 Å². The van der Waals surface area contributed by atoms with Crippen LogP contribution in [0.1, 0.15) is 78.5 Å². The number of hydrogen-bond acceptors (Lipinski definition) is 6. The van der Waals surface area contributed by atoms with Crippen LogP contribution in [0.5, 0.6) is 0 Å². The van der Waals surface area contributed by atoms with Crippen LogP contribution in [0.15, 0.2) is 10.8 Å². The average Bonchev–Trinajstić information content (AvgIpc) is 3.49. The van der Waals surface area contributed by atoms with Crippen molar-refractivity contribution in [1.82, 2.24) is 14.8 Å². The predicted octanol–water partition coefficient (Wildman–Crippen LogP) is 4.89. The lowest BCUT2D eigenvalue weighted by atomic mass is 10.2. The second kappa shape index (κ2) is 6.70. The quantitative estimate of drug-likeness (QED) is 0.712. The first-order valence-corrected chi connectivity index (χ1v) is 10.6. The van der Waals surface area contributed by atoms with E-state index in [-0.39, 0.29) is 5.91 Å². The summed E-state index contributed by atoms with van der Waals surface area (Å²) in [6, 6.07) is 0. The molecule has 1 amide bonds. The molecule has 1 N–H and O–H groups in total. The standard InChI is InChI=1S/C18H21BrN4O3S/c1-18(2,3)26-17(25)23-14(11(8-20-23)9-4-5-9)22-15(24)12-13(19)21-16(27-12)10-6-7-10/h8-10H,4-7H2,1-3H3,(H,22,24). The number of aromatic nitrogens is 3. The van der Waals surface area contributed by atoms with Crippen molar-refractivity contribution in [2.45, 2.75) is 63.9 Å². The number of anilines is 1. The van der Waals surface area contributed by atoms with Crippen LogP contribution in [0.2, 0.25) is 0 Å². The van der Waals surface area contributed by atoms with Crippen LogP contribution in [-0.2, 0) is 4.74 Å². The Bertz CT molecular complexity index is 906. The van der Waals surface area contributed by atoms with E-state index >= 15 is 0 Å². The van der Waals surface area contributed by atoms with Crippen LogP contribution in [0, 0.1) is 0 Å². The van der Waals surface area contributed by atoms with E-state index in [0.29, 0.717) is 27.1 Å². The molecule has 0 spiro atoms. The van der Waals surface area contributed by atoms with Crippen molar-refractivity contribution in [3.8, 4) is 0 Å². The van der Waals surface area contributed by atoms with Gasteiger partial charge in [0.25, 0.3) is 5.91 Å². The predicted molar refractivity (Wildman–Crippen MR) is 106 cm³/mol. The number of amides is 1. The third-order valence-corrected chi connectivity index (χ3v) is 6.40. The summed E-state index contributed by atoms with van der Waals surface area (Å²) in [4.78, 5) is 30.4. The molecule has 2 aromatic heterocycles. The van der Waals surface area contributed by atoms with Gasteiger partial charge in [0.15, 0.2) is 0 Å². The van der Waals surface area contributed by atoms with E-state index in [1.165, 1.54) is 11.3 Å². The van der Waals surface area contributed by atoms with E-state index in [0.717, 1.165) is 40.9 Å². The Balaban J connectivity index is 1.61. The molecule has 2 aromatic rings. The molecule has 0 saturated heterocycles. The fourth-order valence-electron chi connectivity index (χ4n) is 2.75. The van der Waals surface area contributed by atoms with Crippen molar-refractivity contribution < 1.29 is 14.3 Å². The normalized spacial score (nSPS) is 17.0. The number of nitrogens with one attached hydrogen (secondary N) is 1. The summed E-state index contributed by atoms with van der Waals surface area (Å²) < 4.78 is 7.11. The highest BCUT2D eigenvalue weighted by Crippen LogP contribution is 2.45. The van der Waals surface area contributed by atoms with E-state index < -0.39 is 11.7 Å². The Kier molecular flexibility index (Phi) is 4.62. The number of thiazole rings is 1. The Morgan fingerprint density at radius 3 is 2.52 bits per heavy atom. The topological polar surface area (TPSA) is 86.1 Å². The van der Waals surface area contributed by atoms with E-state index in [1.54, 1.807) is 27.0 Å². The summed E-state index contributed by atoms with van der Waals surface area (Å²) in [6.45, 7) is 5.38. The molecular weight excluding hydrogens is 432 g/mol. The summed E-state index contributed by atoms with van der Waals surface area (Å²) in [6.07, 6.45) is 5.34. The SMILES string of the molecule is CC(C)(C)OC(=O)n1ncc(C2CC2)c1NC(=O)c1sc(C2CC2)nc1Br. The minimum absolute atomic E-state index is 0.293. The van der Waals surface area contributed by atoms with Gasteiger partial charge in [-0.25, -0.2) is 9.78 Å². The summed E-state index contributed by atoms with van der Waals surface area (Å²) in [5, 5.41) is 8.04. The molecule has 0 aromatic carbocycles. The highest BCUT2D eigenvalue weighted by atomic mass is 79.9. The van der Waals surface area contributed by atoms with Gasteiger partial charge in [-0.1, -0.05) is 0 Å². The van der Waals surface area contributed by atoms with Crippen LogP contribution < -0.4 is 5.32 Å². The van der Waals surface area contributed by atoms with Gasteiger partial charge in [0.2, 0.25) is 0 Å². The number of hydrogen-bond donors (Lipinski definition) is 1. The number of halogens is 1. The summed E-state index contributed by atoms with van der Waals surface area (Å²) in [5.74, 6) is 0.897. The minimum Gasteiger partial charge on any atom is -0.442 e. The van der Waals surface area contributed by atoms with Gasteiger partial charge in [-0.05, 0) is 68.3 Å². The summed E-state index contributed by atoms with van der Waals surface area (Å²) >= 11 is 4.79. The number of carbonyl (C=O) groups is 2. The van der Waals surface area contributed by atoms with Crippen molar-refractivity contribution in [1.29, 1.82) is 0 Å². The monoisotopic (exact) mass is 452 g/mol. The minimum atomic E-state index is -0.649. The molecule has 144 valence electrons. The fraction of sp³-hybridized carbons (Fsp3) is 0.556. The largest absolute Gasteiger partial charge is 0.442 e. The van der Waals surface area contributed by atoms with Crippen molar-refractivity contribution in [2.75, 3.05) is 5.32 Å². The van der Waals surface area contributed by atoms with Crippen LogP contribution in [-0.4, -0.2) is 32.4 Å². The van der Waals surface area contributed by atoms with Gasteiger partial charge in [-0.15, -0.1) is 16.0 Å². The third kappa shape index (κ3) is 4.08. The molecule has 2 aliphatic rings. The molecule has 9 heteroatoms. The molecule has 2 aliphatic carbocycles. The molecule has 4 rings (SSSR count). The van der Waals surface area contributed by atoms with E-state index in [9.17, 15) is 9.59 Å². The number of nitrogens with zero attached hydrogens (tertiary/aromatic N) is 3. The second-order valence-corrected chi connectivity index (χ2v) is 9.80. The molecule has 0 bridgehead atoms. The number of carbonyl (C=O) groups excluding carboxylic acids is 2. The van der Waals surface area contributed by atoms with E-state index in [2.05, 4.69) is 31.3 Å². The lowest BCUT2D eigenvalue weighted by Crippen LogP contribution is -2.29. The molecule has 7 nitrogen and oxygen atoms in total. The molecule has 27 heavy (non-hydrogen) atoms. The zero-order valence-corrected chi connectivity index (χ0v) is 17.8. The Labute approximate surface area is 169 Å². The average molecular weight is 453 g/mol. The summed E-state index contributed by atoms with van der Waals surface area (Å²) in [7, 11) is 0. The lowest BCUT2D eigenvalue weighted by Gasteiger charge is -2.20. The fourth-order valence-corrected chi connectivity index (χ4v) is 4.50. The van der Waals surface area contributed by atoms with Crippen LogP contribution in [0.25, 0.3) is 0 Å². The molecule has 2 heterocycles. The Morgan fingerprint density at radius 2 is 1.93 bits per heavy atom. The molecule has 2 fully saturated rings. The maximum Gasteiger partial charge on any atom is 0.437 e. The smallest absolute Gasteiger partial charge is 0.437 e. The zero-order chi connectivity index (χ0) is 19.3. The zero-order valence-electron chi connectivity index (χ0n) is 15.4. The van der Waals surface area contributed by atoms with Crippen molar-refractivity contribution in [3.63, 3.8) is 0 Å². The Hall–Kier alpha value is -1.74. The molecule has 0 aliphatic heterocycles. The van der Waals surface area contributed by atoms with Gasteiger partial charge >= 0.3 is 6.09 Å². The molecular formula is C18H21BrN4O3S. The van der Waals surface area contributed by atoms with Gasteiger partial charge in [0, 0.05) is 11.5 Å². The third-order valence-electron chi connectivity index (χ3n) is 4.35. The number of rotatable bonds is 4. The lowest BCUT2D eigenvalue weighted by molar-refractivity contribution is 0.0518. The van der Waals surface area contributed by atoms with Crippen molar-refractivity contribution in [3.05, 3.63) is 26.2 Å². The maximum absolute atomic E-state index is 12.9. The highest BCUT2D eigenvalue weighted by molar-refractivity contribution is 9.10. The van der Waals surface area contributed by atoms with Gasteiger partial charge in [0.05, 0.1) is 11.2 Å². The van der Waals surface area contributed by atoms with Crippen LogP contribution in [0.4, 0.5) is 10.6 Å². The van der Waals surface area contributed by atoms with Gasteiger partial charge in [0.1, 0.15) is 20.9 Å². The Morgan fingerprint density at radius 1 is 1.26 bits per heavy atom. The molecule has 0 unspecified atom stereocenters. The molecule has 0 atom stereocenters. The first kappa shape index (κ1) is 18.6. The number of ether oxygens (including phenoxy) is 1. The van der Waals surface area contributed by atoms with Gasteiger partial charge in [-0.3, -0.25) is 4.79 Å². The van der Waals surface area contributed by atoms with Gasteiger partial charge in [-0.2, -0.15) is 5.10 Å². The van der Waals surface area contributed by atoms with Crippen molar-refractivity contribution >= 4 is 45.1 Å². The molecule has 2 saturated carbocycles. The summed E-state index contributed by atoms with van der Waals surface area (Å²) in [5.41, 5.74) is 0.224. The van der Waals surface area contributed by atoms with Crippen LogP contribution >= 0.6 is 27.3 Å². The maximum atomic E-state index is 12.9. The first-order chi connectivity index (χ1) is 12.7. The second-order valence-electron chi connectivity index (χ2n) is 8.02. The first-order valence-electron chi connectivity index (χ1n) is 9.02. The van der Waals surface area contributed by atoms with Crippen molar-refractivity contribution in [2.24, 2.45) is 0 Å².